The van der Waals surface area contributed by atoms with E-state index < -0.39 is 0 Å². The van der Waals surface area contributed by atoms with Crippen LogP contribution in [0.25, 0.3) is 0 Å². The minimum absolute atomic E-state index is 0.128. The van der Waals surface area contributed by atoms with Crippen LogP contribution in [-0.2, 0) is 24.1 Å². The maximum atomic E-state index is 12.8. The van der Waals surface area contributed by atoms with Crippen molar-refractivity contribution in [3.05, 3.63) is 65.0 Å². The number of fused-ring (bicyclic) bond motifs is 1. The molecule has 0 spiro atoms. The summed E-state index contributed by atoms with van der Waals surface area (Å²) in [5.41, 5.74) is 10.4. The van der Waals surface area contributed by atoms with E-state index in [9.17, 15) is 9.18 Å². The number of amides is 1. The maximum absolute atomic E-state index is 12.8. The number of halogens is 1. The number of rotatable bonds is 6. The third kappa shape index (κ3) is 5.05. The highest BCUT2D eigenvalue weighted by Crippen LogP contribution is 2.24. The van der Waals surface area contributed by atoms with Crippen molar-refractivity contribution in [3.8, 4) is 0 Å². The Morgan fingerprint density at radius 2 is 1.88 bits per heavy atom. The minimum Gasteiger partial charge on any atom is -0.370 e. The Bertz CT molecular complexity index is 802. The van der Waals surface area contributed by atoms with E-state index in [4.69, 9.17) is 5.73 Å². The Morgan fingerprint density at radius 3 is 2.69 bits per heavy atom. The lowest BCUT2D eigenvalue weighted by Gasteiger charge is -2.08. The first-order valence-electron chi connectivity index (χ1n) is 8.80. The zero-order valence-corrected chi connectivity index (χ0v) is 14.6. The molecule has 0 fully saturated rings. The van der Waals surface area contributed by atoms with Gasteiger partial charge >= 0.3 is 0 Å². The smallest absolute Gasteiger partial charge is 0.224 e. The van der Waals surface area contributed by atoms with Crippen LogP contribution >= 0.6 is 0 Å². The molecule has 4 N–H and O–H groups in total. The summed E-state index contributed by atoms with van der Waals surface area (Å²) in [6, 6.07) is 12.2. The molecule has 0 bridgehead atoms. The zero-order valence-electron chi connectivity index (χ0n) is 14.6. The number of hydrogen-bond donors (Lipinski definition) is 3. The lowest BCUT2D eigenvalue weighted by Crippen LogP contribution is -2.29. The van der Waals surface area contributed by atoms with Crippen LogP contribution in [0, 0.1) is 5.82 Å². The van der Waals surface area contributed by atoms with Crippen LogP contribution in [0.1, 0.15) is 23.1 Å². The summed E-state index contributed by atoms with van der Waals surface area (Å²) in [5, 5.41) is 5.86. The molecule has 0 unspecified atom stereocenters. The maximum Gasteiger partial charge on any atom is 0.224 e. The highest BCUT2D eigenvalue weighted by molar-refractivity contribution is 5.92. The van der Waals surface area contributed by atoms with Gasteiger partial charge in [0, 0.05) is 12.2 Å². The third-order valence-corrected chi connectivity index (χ3v) is 4.36. The van der Waals surface area contributed by atoms with E-state index in [-0.39, 0.29) is 18.1 Å². The summed E-state index contributed by atoms with van der Waals surface area (Å²) < 4.78 is 12.8. The Morgan fingerprint density at radius 1 is 1.12 bits per heavy atom. The van der Waals surface area contributed by atoms with E-state index in [2.05, 4.69) is 27.8 Å². The van der Waals surface area contributed by atoms with Gasteiger partial charge in [0.25, 0.3) is 0 Å². The number of nitrogens with two attached hydrogens (primary N) is 1. The number of guanidine groups is 1. The standard InChI is InChI=1S/C20H23FN4O/c21-17-7-4-14(5-8-17)12-19(26)23-10-11-24-20(22)25-18-9-6-15-2-1-3-16(15)13-18/h4-9,13H,1-3,10-12H2,(H,23,26)(H3,22,24,25). The fourth-order valence-corrected chi connectivity index (χ4v) is 3.06. The van der Waals surface area contributed by atoms with E-state index in [0.29, 0.717) is 19.0 Å². The van der Waals surface area contributed by atoms with E-state index in [1.807, 2.05) is 6.07 Å². The lowest BCUT2D eigenvalue weighted by molar-refractivity contribution is -0.120. The first-order valence-corrected chi connectivity index (χ1v) is 8.80. The van der Waals surface area contributed by atoms with Crippen molar-refractivity contribution in [1.29, 1.82) is 0 Å². The summed E-state index contributed by atoms with van der Waals surface area (Å²) >= 11 is 0. The van der Waals surface area contributed by atoms with Crippen LogP contribution in [0.2, 0.25) is 0 Å². The Kier molecular flexibility index (Phi) is 5.84. The molecular formula is C20H23FN4O. The molecule has 136 valence electrons. The van der Waals surface area contributed by atoms with Crippen LogP contribution in [0.3, 0.4) is 0 Å². The quantitative estimate of drug-likeness (QED) is 0.423. The highest BCUT2D eigenvalue weighted by atomic mass is 19.1. The number of carbonyl (C=O) groups is 1. The van der Waals surface area contributed by atoms with E-state index in [1.165, 1.54) is 29.7 Å². The Labute approximate surface area is 152 Å². The van der Waals surface area contributed by atoms with Gasteiger partial charge in [-0.2, -0.15) is 0 Å². The summed E-state index contributed by atoms with van der Waals surface area (Å²) in [5.74, 6) is -0.109. The van der Waals surface area contributed by atoms with Gasteiger partial charge in [-0.25, -0.2) is 4.39 Å². The number of nitrogens with one attached hydrogen (secondary N) is 2. The monoisotopic (exact) mass is 354 g/mol. The van der Waals surface area contributed by atoms with Crippen LogP contribution in [-0.4, -0.2) is 25.0 Å². The van der Waals surface area contributed by atoms with E-state index in [1.54, 1.807) is 12.1 Å². The molecule has 0 aromatic heterocycles. The molecule has 1 amide bonds. The normalized spacial score (nSPS) is 13.3. The fourth-order valence-electron chi connectivity index (χ4n) is 3.06. The first-order chi connectivity index (χ1) is 12.6. The van der Waals surface area contributed by atoms with Gasteiger partial charge in [0.15, 0.2) is 5.96 Å². The SMILES string of the molecule is NC(=NCCNC(=O)Cc1ccc(F)cc1)Nc1ccc2c(c1)CCC2. The number of aryl methyl sites for hydroxylation is 2. The van der Waals surface area contributed by atoms with Crippen molar-refractivity contribution in [2.75, 3.05) is 18.4 Å². The van der Waals surface area contributed by atoms with Crippen molar-refractivity contribution in [2.45, 2.75) is 25.7 Å². The number of nitrogens with zero attached hydrogens (tertiary/aromatic N) is 1. The Balaban J connectivity index is 1.40. The van der Waals surface area contributed by atoms with Crippen molar-refractivity contribution < 1.29 is 9.18 Å². The predicted molar refractivity (Wildman–Crippen MR) is 102 cm³/mol. The van der Waals surface area contributed by atoms with Crippen LogP contribution in [0.15, 0.2) is 47.5 Å². The number of carbonyl (C=O) groups excluding carboxylic acids is 1. The Hall–Kier alpha value is -2.89. The molecule has 2 aromatic rings. The van der Waals surface area contributed by atoms with Crippen molar-refractivity contribution in [3.63, 3.8) is 0 Å². The molecule has 0 saturated carbocycles. The topological polar surface area (TPSA) is 79.5 Å². The second-order valence-electron chi connectivity index (χ2n) is 6.38. The zero-order chi connectivity index (χ0) is 18.4. The molecule has 0 radical (unpaired) electrons. The second-order valence-corrected chi connectivity index (χ2v) is 6.38. The molecule has 3 rings (SSSR count). The molecule has 0 heterocycles. The average molecular weight is 354 g/mol. The highest BCUT2D eigenvalue weighted by Gasteiger charge is 2.10. The number of benzene rings is 2. The van der Waals surface area contributed by atoms with Gasteiger partial charge in [-0.3, -0.25) is 9.79 Å². The van der Waals surface area contributed by atoms with Crippen LogP contribution in [0.4, 0.5) is 10.1 Å². The second kappa shape index (κ2) is 8.47. The first kappa shape index (κ1) is 17.9. The van der Waals surface area contributed by atoms with Crippen LogP contribution in [0.5, 0.6) is 0 Å². The molecule has 6 heteroatoms. The van der Waals surface area contributed by atoms with Gasteiger partial charge in [-0.15, -0.1) is 0 Å². The van der Waals surface area contributed by atoms with Gasteiger partial charge in [0.2, 0.25) is 5.91 Å². The van der Waals surface area contributed by atoms with Crippen molar-refractivity contribution >= 4 is 17.6 Å². The molecule has 0 saturated heterocycles. The molecule has 1 aliphatic rings. The van der Waals surface area contributed by atoms with Gasteiger partial charge in [0.1, 0.15) is 5.82 Å². The summed E-state index contributed by atoms with van der Waals surface area (Å²) in [7, 11) is 0. The fraction of sp³-hybridized carbons (Fsp3) is 0.300. The molecule has 26 heavy (non-hydrogen) atoms. The van der Waals surface area contributed by atoms with Gasteiger partial charge in [0.05, 0.1) is 13.0 Å². The van der Waals surface area contributed by atoms with Crippen molar-refractivity contribution in [1.82, 2.24) is 5.32 Å². The van der Waals surface area contributed by atoms with E-state index >= 15 is 0 Å². The minimum atomic E-state index is -0.310. The average Bonchev–Trinajstić information content (AvgIpc) is 3.08. The van der Waals surface area contributed by atoms with Crippen LogP contribution < -0.4 is 16.4 Å². The third-order valence-electron chi connectivity index (χ3n) is 4.36. The molecule has 1 aliphatic carbocycles. The molecule has 5 nitrogen and oxygen atoms in total. The van der Waals surface area contributed by atoms with Gasteiger partial charge < -0.3 is 16.4 Å². The number of aliphatic imine (C=N–C) groups is 1. The van der Waals surface area contributed by atoms with Crippen molar-refractivity contribution in [2.24, 2.45) is 10.7 Å². The summed E-state index contributed by atoms with van der Waals surface area (Å²) in [6.45, 7) is 0.783. The molecule has 0 aliphatic heterocycles. The number of hydrogen-bond acceptors (Lipinski definition) is 2. The van der Waals surface area contributed by atoms with E-state index in [0.717, 1.165) is 24.1 Å². The molecular weight excluding hydrogens is 331 g/mol. The van der Waals surface area contributed by atoms with Gasteiger partial charge in [-0.1, -0.05) is 18.2 Å². The lowest BCUT2D eigenvalue weighted by atomic mass is 10.1. The number of anilines is 1. The molecule has 0 atom stereocenters. The predicted octanol–water partition coefficient (Wildman–Crippen LogP) is 2.40. The largest absolute Gasteiger partial charge is 0.370 e. The summed E-state index contributed by atoms with van der Waals surface area (Å²) in [4.78, 5) is 16.1. The van der Waals surface area contributed by atoms with Gasteiger partial charge in [-0.05, 0) is 60.2 Å². The molecule has 2 aromatic carbocycles. The summed E-state index contributed by atoms with van der Waals surface area (Å²) in [6.07, 6.45) is 3.69.